The Morgan fingerprint density at radius 1 is 1.37 bits per heavy atom. The highest BCUT2D eigenvalue weighted by atomic mass is 32.1. The van der Waals surface area contributed by atoms with Crippen LogP contribution >= 0.6 is 11.3 Å². The van der Waals surface area contributed by atoms with Gasteiger partial charge in [-0.3, -0.25) is 4.57 Å². The third-order valence-corrected chi connectivity index (χ3v) is 4.78. The van der Waals surface area contributed by atoms with E-state index in [9.17, 15) is 10.1 Å². The lowest BCUT2D eigenvalue weighted by molar-refractivity contribution is 0.0462. The molecule has 0 saturated carbocycles. The van der Waals surface area contributed by atoms with E-state index < -0.39 is 5.97 Å². The first-order chi connectivity index (χ1) is 13.2. The summed E-state index contributed by atoms with van der Waals surface area (Å²) in [4.78, 5) is 13.5. The van der Waals surface area contributed by atoms with Gasteiger partial charge in [-0.15, -0.1) is 11.3 Å². The van der Waals surface area contributed by atoms with Gasteiger partial charge in [0.15, 0.2) is 5.76 Å². The molecule has 0 spiro atoms. The van der Waals surface area contributed by atoms with Crippen molar-refractivity contribution in [2.75, 3.05) is 0 Å². The molecule has 0 aliphatic heterocycles. The van der Waals surface area contributed by atoms with Crippen LogP contribution < -0.4 is 0 Å². The second-order valence-corrected chi connectivity index (χ2v) is 6.60. The Morgan fingerprint density at radius 2 is 2.19 bits per heavy atom. The Bertz CT molecular complexity index is 1110. The topological polar surface area (TPSA) is 94.2 Å². The van der Waals surface area contributed by atoms with E-state index >= 15 is 0 Å². The second-order valence-electron chi connectivity index (χ2n) is 5.65. The van der Waals surface area contributed by atoms with E-state index in [4.69, 9.17) is 13.7 Å². The molecule has 0 saturated heterocycles. The maximum absolute atomic E-state index is 12.5. The van der Waals surface area contributed by atoms with Crippen LogP contribution in [0.15, 0.2) is 57.0 Å². The molecule has 0 atom stereocenters. The van der Waals surface area contributed by atoms with Gasteiger partial charge in [0.05, 0.1) is 4.88 Å². The zero-order valence-electron chi connectivity index (χ0n) is 14.2. The van der Waals surface area contributed by atoms with Crippen molar-refractivity contribution in [3.8, 4) is 22.6 Å². The van der Waals surface area contributed by atoms with Crippen molar-refractivity contribution in [2.24, 2.45) is 0 Å². The van der Waals surface area contributed by atoms with Crippen LogP contribution in [0.5, 0.6) is 0 Å². The molecule has 4 heterocycles. The van der Waals surface area contributed by atoms with Crippen LogP contribution in [0.4, 0.5) is 0 Å². The van der Waals surface area contributed by atoms with Gasteiger partial charge in [0.1, 0.15) is 35.3 Å². The van der Waals surface area contributed by atoms with E-state index in [0.717, 1.165) is 4.88 Å². The van der Waals surface area contributed by atoms with Crippen molar-refractivity contribution in [1.82, 2.24) is 9.72 Å². The molecule has 0 unspecified atom stereocenters. The normalized spacial score (nSPS) is 10.7. The molecule has 4 rings (SSSR count). The average molecular weight is 379 g/mol. The van der Waals surface area contributed by atoms with Crippen LogP contribution in [-0.2, 0) is 11.3 Å². The SMILES string of the molecule is Cc1oc(-n2cccc2)c(C#N)c1C(=O)OCc1cc(-c2cccs2)on1. The summed E-state index contributed by atoms with van der Waals surface area (Å²) in [5, 5.41) is 15.3. The van der Waals surface area contributed by atoms with Crippen LogP contribution in [0, 0.1) is 18.3 Å². The quantitative estimate of drug-likeness (QED) is 0.479. The fraction of sp³-hybridized carbons (Fsp3) is 0.105. The number of carbonyl (C=O) groups is 1. The van der Waals surface area contributed by atoms with Crippen molar-refractivity contribution in [2.45, 2.75) is 13.5 Å². The van der Waals surface area contributed by atoms with Crippen molar-refractivity contribution in [1.29, 1.82) is 5.26 Å². The molecule has 8 heteroatoms. The summed E-state index contributed by atoms with van der Waals surface area (Å²) >= 11 is 1.53. The maximum Gasteiger partial charge on any atom is 0.343 e. The Balaban J connectivity index is 1.53. The summed E-state index contributed by atoms with van der Waals surface area (Å²) in [6, 6.07) is 11.2. The average Bonchev–Trinajstić information content (AvgIpc) is 3.45. The van der Waals surface area contributed by atoms with Gasteiger partial charge in [0.25, 0.3) is 0 Å². The van der Waals surface area contributed by atoms with E-state index in [1.165, 1.54) is 11.3 Å². The smallest absolute Gasteiger partial charge is 0.343 e. The standard InChI is InChI=1S/C19H13N3O4S/c1-12-17(14(10-20)18(25-12)22-6-2-3-7-22)19(23)24-11-13-9-15(26-21-13)16-5-4-8-27-16/h2-9H,11H2,1H3. The van der Waals surface area contributed by atoms with Gasteiger partial charge in [0.2, 0.25) is 5.88 Å². The van der Waals surface area contributed by atoms with Gasteiger partial charge in [-0.2, -0.15) is 5.26 Å². The predicted octanol–water partition coefficient (Wildman–Crippen LogP) is 4.32. The Kier molecular flexibility index (Phi) is 4.36. The van der Waals surface area contributed by atoms with E-state index in [0.29, 0.717) is 17.2 Å². The number of esters is 1. The molecule has 0 radical (unpaired) electrons. The second kappa shape index (κ2) is 6.97. The van der Waals surface area contributed by atoms with Gasteiger partial charge >= 0.3 is 5.97 Å². The minimum Gasteiger partial charge on any atom is -0.455 e. The van der Waals surface area contributed by atoms with Crippen molar-refractivity contribution in [3.63, 3.8) is 0 Å². The first kappa shape index (κ1) is 16.9. The lowest BCUT2D eigenvalue weighted by Crippen LogP contribution is -2.08. The number of aromatic nitrogens is 2. The number of carbonyl (C=O) groups excluding carboxylic acids is 1. The first-order valence-corrected chi connectivity index (χ1v) is 8.88. The highest BCUT2D eigenvalue weighted by molar-refractivity contribution is 7.13. The van der Waals surface area contributed by atoms with E-state index in [1.807, 2.05) is 23.6 Å². The number of aryl methyl sites for hydroxylation is 1. The zero-order chi connectivity index (χ0) is 18.8. The fourth-order valence-electron chi connectivity index (χ4n) is 2.66. The van der Waals surface area contributed by atoms with Crippen molar-refractivity contribution < 1.29 is 18.5 Å². The van der Waals surface area contributed by atoms with Crippen LogP contribution in [-0.4, -0.2) is 15.7 Å². The summed E-state index contributed by atoms with van der Waals surface area (Å²) in [5.41, 5.74) is 0.730. The molecule has 0 fully saturated rings. The molecule has 4 aromatic rings. The maximum atomic E-state index is 12.5. The van der Waals surface area contributed by atoms with Crippen molar-refractivity contribution >= 4 is 17.3 Å². The summed E-state index contributed by atoms with van der Waals surface area (Å²) in [7, 11) is 0. The predicted molar refractivity (Wildman–Crippen MR) is 96.4 cm³/mol. The molecule has 27 heavy (non-hydrogen) atoms. The van der Waals surface area contributed by atoms with Crippen LogP contribution in [0.3, 0.4) is 0 Å². The molecule has 0 aromatic carbocycles. The number of hydrogen-bond donors (Lipinski definition) is 0. The van der Waals surface area contributed by atoms with E-state index in [2.05, 4.69) is 5.16 Å². The lowest BCUT2D eigenvalue weighted by Gasteiger charge is -2.01. The highest BCUT2D eigenvalue weighted by Crippen LogP contribution is 2.27. The van der Waals surface area contributed by atoms with Crippen LogP contribution in [0.2, 0.25) is 0 Å². The minimum absolute atomic E-state index is 0.0674. The van der Waals surface area contributed by atoms with Gasteiger partial charge in [-0.05, 0) is 30.5 Å². The number of thiophene rings is 1. The summed E-state index contributed by atoms with van der Waals surface area (Å²) < 4.78 is 17.8. The molecule has 4 aromatic heterocycles. The van der Waals surface area contributed by atoms with E-state index in [1.54, 1.807) is 42.1 Å². The molecular formula is C19H13N3O4S. The number of nitriles is 1. The fourth-order valence-corrected chi connectivity index (χ4v) is 3.33. The molecule has 134 valence electrons. The zero-order valence-corrected chi connectivity index (χ0v) is 15.0. The van der Waals surface area contributed by atoms with E-state index in [-0.39, 0.29) is 23.6 Å². The van der Waals surface area contributed by atoms with Crippen molar-refractivity contribution in [3.05, 3.63) is 70.7 Å². The highest BCUT2D eigenvalue weighted by Gasteiger charge is 2.26. The molecular weight excluding hydrogens is 366 g/mol. The Morgan fingerprint density at radius 3 is 2.89 bits per heavy atom. The number of furan rings is 1. The number of nitrogens with zero attached hydrogens (tertiary/aromatic N) is 3. The molecule has 0 N–H and O–H groups in total. The van der Waals surface area contributed by atoms with Gasteiger partial charge in [-0.25, -0.2) is 4.79 Å². The molecule has 7 nitrogen and oxygen atoms in total. The monoisotopic (exact) mass is 379 g/mol. The molecule has 0 amide bonds. The lowest BCUT2D eigenvalue weighted by atomic mass is 10.1. The molecule has 0 bridgehead atoms. The Hall–Kier alpha value is -3.57. The molecule has 0 aliphatic carbocycles. The number of rotatable bonds is 5. The summed E-state index contributed by atoms with van der Waals surface area (Å²) in [5.74, 6) is 0.572. The van der Waals surface area contributed by atoms with Crippen LogP contribution in [0.1, 0.15) is 27.4 Å². The van der Waals surface area contributed by atoms with Gasteiger partial charge < -0.3 is 13.7 Å². The minimum atomic E-state index is -0.646. The third kappa shape index (κ3) is 3.16. The van der Waals surface area contributed by atoms with Gasteiger partial charge in [-0.1, -0.05) is 11.2 Å². The van der Waals surface area contributed by atoms with Gasteiger partial charge in [0, 0.05) is 18.5 Å². The Labute approximate surface area is 158 Å². The summed E-state index contributed by atoms with van der Waals surface area (Å²) in [6.45, 7) is 1.55. The largest absolute Gasteiger partial charge is 0.455 e. The number of hydrogen-bond acceptors (Lipinski definition) is 7. The summed E-state index contributed by atoms with van der Waals surface area (Å²) in [6.07, 6.45) is 3.46. The third-order valence-electron chi connectivity index (χ3n) is 3.89. The van der Waals surface area contributed by atoms with Crippen LogP contribution in [0.25, 0.3) is 16.5 Å². The number of ether oxygens (including phenoxy) is 1. The first-order valence-electron chi connectivity index (χ1n) is 8.01. The molecule has 0 aliphatic rings.